The number of benzene rings is 2. The fourth-order valence-corrected chi connectivity index (χ4v) is 2.96. The SMILES string of the molecule is O=C1CCC(CNc2ccc(Br)c3ccccc23)N1. The molecular weight excluding hydrogens is 304 g/mol. The first-order chi connectivity index (χ1) is 9.24. The van der Waals surface area contributed by atoms with Gasteiger partial charge in [-0.05, 0) is 23.9 Å². The van der Waals surface area contributed by atoms with Crippen molar-refractivity contribution >= 4 is 38.3 Å². The summed E-state index contributed by atoms with van der Waals surface area (Å²) in [7, 11) is 0. The maximum Gasteiger partial charge on any atom is 0.220 e. The molecule has 2 aromatic carbocycles. The zero-order valence-electron chi connectivity index (χ0n) is 10.4. The standard InChI is InChI=1S/C15H15BrN2O/c16-13-6-7-14(12-4-2-1-3-11(12)13)17-9-10-5-8-15(19)18-10/h1-4,6-7,10,17H,5,8-9H2,(H,18,19). The normalized spacial score (nSPS) is 18.6. The van der Waals surface area contributed by atoms with Crippen LogP contribution in [0, 0.1) is 0 Å². The molecule has 19 heavy (non-hydrogen) atoms. The Hall–Kier alpha value is -1.55. The van der Waals surface area contributed by atoms with Gasteiger partial charge in [0.15, 0.2) is 0 Å². The number of amides is 1. The van der Waals surface area contributed by atoms with E-state index in [1.54, 1.807) is 0 Å². The summed E-state index contributed by atoms with van der Waals surface area (Å²) in [6.45, 7) is 0.775. The third kappa shape index (κ3) is 2.59. The molecule has 0 aliphatic carbocycles. The molecule has 1 heterocycles. The topological polar surface area (TPSA) is 41.1 Å². The second kappa shape index (κ2) is 5.21. The van der Waals surface area contributed by atoms with Crippen molar-refractivity contribution in [2.24, 2.45) is 0 Å². The van der Waals surface area contributed by atoms with Gasteiger partial charge >= 0.3 is 0 Å². The van der Waals surface area contributed by atoms with E-state index in [4.69, 9.17) is 0 Å². The summed E-state index contributed by atoms with van der Waals surface area (Å²) in [4.78, 5) is 11.2. The molecule has 1 fully saturated rings. The van der Waals surface area contributed by atoms with Gasteiger partial charge in [-0.3, -0.25) is 4.79 Å². The maximum absolute atomic E-state index is 11.2. The quantitative estimate of drug-likeness (QED) is 0.911. The van der Waals surface area contributed by atoms with E-state index in [1.165, 1.54) is 10.8 Å². The van der Waals surface area contributed by atoms with Crippen molar-refractivity contribution in [3.63, 3.8) is 0 Å². The Morgan fingerprint density at radius 3 is 2.74 bits per heavy atom. The van der Waals surface area contributed by atoms with Gasteiger partial charge in [0.2, 0.25) is 5.91 Å². The highest BCUT2D eigenvalue weighted by Gasteiger charge is 2.20. The summed E-state index contributed by atoms with van der Waals surface area (Å²) >= 11 is 3.57. The minimum absolute atomic E-state index is 0.160. The van der Waals surface area contributed by atoms with Crippen molar-refractivity contribution in [2.45, 2.75) is 18.9 Å². The van der Waals surface area contributed by atoms with E-state index in [-0.39, 0.29) is 11.9 Å². The largest absolute Gasteiger partial charge is 0.382 e. The van der Waals surface area contributed by atoms with E-state index in [2.05, 4.69) is 50.8 Å². The fraction of sp³-hybridized carbons (Fsp3) is 0.267. The van der Waals surface area contributed by atoms with Crippen LogP contribution in [0.1, 0.15) is 12.8 Å². The molecule has 3 nitrogen and oxygen atoms in total. The monoisotopic (exact) mass is 318 g/mol. The lowest BCUT2D eigenvalue weighted by Crippen LogP contribution is -2.31. The summed E-state index contributed by atoms with van der Waals surface area (Å²) in [5.74, 6) is 0.160. The molecule has 2 aromatic rings. The molecule has 1 aliphatic heterocycles. The summed E-state index contributed by atoms with van der Waals surface area (Å²) in [6, 6.07) is 12.7. The Bertz CT molecular complexity index is 627. The molecule has 0 bridgehead atoms. The van der Waals surface area contributed by atoms with Crippen LogP contribution in [-0.2, 0) is 4.79 Å². The Morgan fingerprint density at radius 2 is 2.00 bits per heavy atom. The van der Waals surface area contributed by atoms with E-state index < -0.39 is 0 Å². The Morgan fingerprint density at radius 1 is 1.21 bits per heavy atom. The molecule has 98 valence electrons. The van der Waals surface area contributed by atoms with Crippen LogP contribution in [0.4, 0.5) is 5.69 Å². The fourth-order valence-electron chi connectivity index (χ4n) is 2.48. The number of halogens is 1. The summed E-state index contributed by atoms with van der Waals surface area (Å²) in [6.07, 6.45) is 1.56. The lowest BCUT2D eigenvalue weighted by atomic mass is 10.1. The van der Waals surface area contributed by atoms with Crippen LogP contribution in [-0.4, -0.2) is 18.5 Å². The predicted octanol–water partition coefficient (Wildman–Crippen LogP) is 3.29. The van der Waals surface area contributed by atoms with Crippen LogP contribution in [0.5, 0.6) is 0 Å². The third-order valence-corrected chi connectivity index (χ3v) is 4.19. The van der Waals surface area contributed by atoms with Crippen molar-refractivity contribution in [3.8, 4) is 0 Å². The van der Waals surface area contributed by atoms with Gasteiger partial charge in [-0.15, -0.1) is 0 Å². The number of fused-ring (bicyclic) bond motifs is 1. The van der Waals surface area contributed by atoms with Gasteiger partial charge < -0.3 is 10.6 Å². The van der Waals surface area contributed by atoms with Crippen LogP contribution < -0.4 is 10.6 Å². The number of hydrogen-bond donors (Lipinski definition) is 2. The second-order valence-corrected chi connectivity index (χ2v) is 5.68. The van der Waals surface area contributed by atoms with Crippen LogP contribution in [0.15, 0.2) is 40.9 Å². The van der Waals surface area contributed by atoms with E-state index in [9.17, 15) is 4.79 Å². The van der Waals surface area contributed by atoms with Crippen molar-refractivity contribution in [1.29, 1.82) is 0 Å². The first kappa shape index (κ1) is 12.5. The molecule has 2 N–H and O–H groups in total. The number of nitrogens with one attached hydrogen (secondary N) is 2. The molecule has 4 heteroatoms. The maximum atomic E-state index is 11.2. The van der Waals surface area contributed by atoms with Crippen molar-refractivity contribution < 1.29 is 4.79 Å². The molecule has 1 saturated heterocycles. The third-order valence-electron chi connectivity index (χ3n) is 3.49. The van der Waals surface area contributed by atoms with E-state index in [0.717, 1.165) is 23.1 Å². The predicted molar refractivity (Wildman–Crippen MR) is 81.3 cm³/mol. The smallest absolute Gasteiger partial charge is 0.220 e. The summed E-state index contributed by atoms with van der Waals surface area (Å²) in [5, 5.41) is 8.81. The van der Waals surface area contributed by atoms with Gasteiger partial charge in [0.05, 0.1) is 0 Å². The van der Waals surface area contributed by atoms with Gasteiger partial charge in [0.25, 0.3) is 0 Å². The lowest BCUT2D eigenvalue weighted by molar-refractivity contribution is -0.119. The van der Waals surface area contributed by atoms with E-state index in [0.29, 0.717) is 6.42 Å². The highest BCUT2D eigenvalue weighted by molar-refractivity contribution is 9.10. The average molecular weight is 319 g/mol. The molecule has 0 aromatic heterocycles. The minimum atomic E-state index is 0.160. The summed E-state index contributed by atoms with van der Waals surface area (Å²) < 4.78 is 1.10. The molecule has 1 atom stereocenters. The Balaban J connectivity index is 1.81. The molecule has 0 spiro atoms. The zero-order chi connectivity index (χ0) is 13.2. The molecule has 1 unspecified atom stereocenters. The highest BCUT2D eigenvalue weighted by Crippen LogP contribution is 2.30. The minimum Gasteiger partial charge on any atom is -0.382 e. The van der Waals surface area contributed by atoms with Crippen LogP contribution in [0.25, 0.3) is 10.8 Å². The van der Waals surface area contributed by atoms with Crippen LogP contribution in [0.2, 0.25) is 0 Å². The van der Waals surface area contributed by atoms with Gasteiger partial charge in [-0.1, -0.05) is 40.2 Å². The van der Waals surface area contributed by atoms with Gasteiger partial charge in [-0.2, -0.15) is 0 Å². The average Bonchev–Trinajstić information content (AvgIpc) is 2.84. The lowest BCUT2D eigenvalue weighted by Gasteiger charge is -2.14. The highest BCUT2D eigenvalue weighted by atomic mass is 79.9. The molecule has 0 saturated carbocycles. The molecule has 1 aliphatic rings. The second-order valence-electron chi connectivity index (χ2n) is 4.82. The first-order valence-electron chi connectivity index (χ1n) is 6.44. The van der Waals surface area contributed by atoms with Crippen molar-refractivity contribution in [1.82, 2.24) is 5.32 Å². The molecule has 3 rings (SSSR count). The van der Waals surface area contributed by atoms with E-state index in [1.807, 2.05) is 12.1 Å². The van der Waals surface area contributed by atoms with Gasteiger partial charge in [0, 0.05) is 34.6 Å². The number of anilines is 1. The van der Waals surface area contributed by atoms with Gasteiger partial charge in [-0.25, -0.2) is 0 Å². The Kier molecular flexibility index (Phi) is 3.42. The van der Waals surface area contributed by atoms with Crippen LogP contribution >= 0.6 is 15.9 Å². The number of carbonyl (C=O) groups excluding carboxylic acids is 1. The Labute approximate surface area is 120 Å². The molecule has 1 amide bonds. The molecule has 0 radical (unpaired) electrons. The first-order valence-corrected chi connectivity index (χ1v) is 7.24. The van der Waals surface area contributed by atoms with Crippen molar-refractivity contribution in [2.75, 3.05) is 11.9 Å². The number of hydrogen-bond acceptors (Lipinski definition) is 2. The molecular formula is C15H15BrN2O. The zero-order valence-corrected chi connectivity index (χ0v) is 12.0. The summed E-state index contributed by atoms with van der Waals surface area (Å²) in [5.41, 5.74) is 1.11. The van der Waals surface area contributed by atoms with Gasteiger partial charge in [0.1, 0.15) is 0 Å². The number of rotatable bonds is 3. The van der Waals surface area contributed by atoms with Crippen LogP contribution in [0.3, 0.4) is 0 Å². The van der Waals surface area contributed by atoms with Crippen molar-refractivity contribution in [3.05, 3.63) is 40.9 Å². The number of carbonyl (C=O) groups is 1. The van der Waals surface area contributed by atoms with E-state index >= 15 is 0 Å².